The third-order valence-electron chi connectivity index (χ3n) is 2.94. The summed E-state index contributed by atoms with van der Waals surface area (Å²) < 4.78 is 15.2. The molecule has 1 aromatic carbocycles. The molecule has 0 atom stereocenters. The van der Waals surface area contributed by atoms with Gasteiger partial charge in [0.25, 0.3) is 5.91 Å². The molecule has 23 heavy (non-hydrogen) atoms. The number of nitrogens with one attached hydrogen (secondary N) is 1. The molecule has 1 N–H and O–H groups in total. The van der Waals surface area contributed by atoms with E-state index in [1.54, 1.807) is 19.2 Å². The van der Waals surface area contributed by atoms with E-state index in [4.69, 9.17) is 31.1 Å². The van der Waals surface area contributed by atoms with Crippen LogP contribution in [0.5, 0.6) is 11.5 Å². The molecule has 0 spiro atoms. The van der Waals surface area contributed by atoms with Gasteiger partial charge in [0.1, 0.15) is 11.6 Å². The smallest absolute Gasteiger partial charge is 0.261 e. The lowest BCUT2D eigenvalue weighted by molar-refractivity contribution is -0.117. The standard InChI is InChI=1S/C16H19ClN2O4/c1-21-6-4-5-19-16(20)12(10-18)7-11-8-13(17)15(23-3)14(9-11)22-2/h7-9H,4-6H2,1-3H3,(H,19,20)/b12-7-. The number of carbonyl (C=O) groups is 1. The molecule has 0 aliphatic carbocycles. The van der Waals surface area contributed by atoms with E-state index in [9.17, 15) is 4.79 Å². The zero-order chi connectivity index (χ0) is 17.2. The van der Waals surface area contributed by atoms with Crippen LogP contribution in [0.15, 0.2) is 17.7 Å². The van der Waals surface area contributed by atoms with Crippen molar-refractivity contribution in [2.24, 2.45) is 0 Å². The van der Waals surface area contributed by atoms with Crippen molar-refractivity contribution in [3.05, 3.63) is 28.3 Å². The van der Waals surface area contributed by atoms with Crippen molar-refractivity contribution < 1.29 is 19.0 Å². The van der Waals surface area contributed by atoms with Gasteiger partial charge in [-0.15, -0.1) is 0 Å². The van der Waals surface area contributed by atoms with Crippen LogP contribution in [0.4, 0.5) is 0 Å². The van der Waals surface area contributed by atoms with Gasteiger partial charge < -0.3 is 19.5 Å². The molecule has 0 radical (unpaired) electrons. The summed E-state index contributed by atoms with van der Waals surface area (Å²) in [5, 5.41) is 12.1. The van der Waals surface area contributed by atoms with Gasteiger partial charge >= 0.3 is 0 Å². The topological polar surface area (TPSA) is 80.6 Å². The first-order chi connectivity index (χ1) is 11.1. The summed E-state index contributed by atoms with van der Waals surface area (Å²) >= 11 is 6.11. The first-order valence-corrected chi connectivity index (χ1v) is 7.25. The minimum absolute atomic E-state index is 0.0225. The molecule has 0 aromatic heterocycles. The quantitative estimate of drug-likeness (QED) is 0.447. The van der Waals surface area contributed by atoms with E-state index in [1.807, 2.05) is 6.07 Å². The summed E-state index contributed by atoms with van der Waals surface area (Å²) in [4.78, 5) is 12.0. The number of amides is 1. The Morgan fingerprint density at radius 1 is 1.35 bits per heavy atom. The minimum Gasteiger partial charge on any atom is -0.493 e. The Morgan fingerprint density at radius 2 is 2.09 bits per heavy atom. The lowest BCUT2D eigenvalue weighted by Crippen LogP contribution is -2.26. The SMILES string of the molecule is COCCCNC(=O)/C(C#N)=C\c1cc(Cl)c(OC)c(OC)c1. The van der Waals surface area contributed by atoms with Crippen molar-refractivity contribution in [1.29, 1.82) is 5.26 Å². The number of rotatable bonds is 8. The third kappa shape index (κ3) is 5.47. The minimum atomic E-state index is -0.450. The lowest BCUT2D eigenvalue weighted by Gasteiger charge is -2.10. The fourth-order valence-corrected chi connectivity index (χ4v) is 2.15. The average Bonchev–Trinajstić information content (AvgIpc) is 2.55. The van der Waals surface area contributed by atoms with E-state index >= 15 is 0 Å². The van der Waals surface area contributed by atoms with Crippen molar-refractivity contribution in [3.63, 3.8) is 0 Å². The zero-order valence-corrected chi connectivity index (χ0v) is 14.1. The second-order valence-electron chi connectivity index (χ2n) is 4.51. The van der Waals surface area contributed by atoms with Crippen LogP contribution in [0, 0.1) is 11.3 Å². The highest BCUT2D eigenvalue weighted by molar-refractivity contribution is 6.32. The van der Waals surface area contributed by atoms with Crippen LogP contribution < -0.4 is 14.8 Å². The summed E-state index contributed by atoms with van der Waals surface area (Å²) in [5.74, 6) is 0.368. The molecule has 0 saturated carbocycles. The number of carbonyl (C=O) groups excluding carboxylic acids is 1. The van der Waals surface area contributed by atoms with Gasteiger partial charge in [0.2, 0.25) is 0 Å². The molecule has 6 nitrogen and oxygen atoms in total. The second kappa shape index (κ2) is 9.72. The predicted octanol–water partition coefficient (Wildman–Crippen LogP) is 2.42. The van der Waals surface area contributed by atoms with Crippen molar-refractivity contribution in [2.45, 2.75) is 6.42 Å². The fourth-order valence-electron chi connectivity index (χ4n) is 1.85. The lowest BCUT2D eigenvalue weighted by atomic mass is 10.1. The molecular weight excluding hydrogens is 320 g/mol. The number of nitriles is 1. The zero-order valence-electron chi connectivity index (χ0n) is 13.3. The predicted molar refractivity (Wildman–Crippen MR) is 87.6 cm³/mol. The number of benzene rings is 1. The van der Waals surface area contributed by atoms with Crippen molar-refractivity contribution in [3.8, 4) is 17.6 Å². The van der Waals surface area contributed by atoms with Gasteiger partial charge in [-0.2, -0.15) is 5.26 Å². The molecule has 0 heterocycles. The maximum atomic E-state index is 12.0. The number of methoxy groups -OCH3 is 3. The Balaban J connectivity index is 2.96. The number of halogens is 1. The number of hydrogen-bond donors (Lipinski definition) is 1. The van der Waals surface area contributed by atoms with Gasteiger partial charge in [0, 0.05) is 20.3 Å². The molecule has 0 unspecified atom stereocenters. The van der Waals surface area contributed by atoms with Crippen LogP contribution in [0.1, 0.15) is 12.0 Å². The maximum absolute atomic E-state index is 12.0. The Labute approximate surface area is 140 Å². The molecule has 1 aromatic rings. The summed E-state index contributed by atoms with van der Waals surface area (Å²) in [7, 11) is 4.55. The van der Waals surface area contributed by atoms with E-state index in [0.29, 0.717) is 41.7 Å². The summed E-state index contributed by atoms with van der Waals surface area (Å²) in [6.07, 6.45) is 2.11. The Morgan fingerprint density at radius 3 is 2.65 bits per heavy atom. The summed E-state index contributed by atoms with van der Waals surface area (Å²) in [5.41, 5.74) is 0.543. The fraction of sp³-hybridized carbons (Fsp3) is 0.375. The molecule has 7 heteroatoms. The Bertz CT molecular complexity index is 623. The van der Waals surface area contributed by atoms with Crippen LogP contribution >= 0.6 is 11.6 Å². The molecule has 1 amide bonds. The molecule has 0 bridgehead atoms. The normalized spacial score (nSPS) is 10.8. The van der Waals surface area contributed by atoms with E-state index in [0.717, 1.165) is 0 Å². The van der Waals surface area contributed by atoms with Crippen LogP contribution in [-0.4, -0.2) is 40.4 Å². The van der Waals surface area contributed by atoms with Gasteiger partial charge in [0.15, 0.2) is 11.5 Å². The first-order valence-electron chi connectivity index (χ1n) is 6.87. The van der Waals surface area contributed by atoms with E-state index in [1.165, 1.54) is 20.3 Å². The van der Waals surface area contributed by atoms with E-state index in [-0.39, 0.29) is 5.57 Å². The van der Waals surface area contributed by atoms with Gasteiger partial charge in [-0.1, -0.05) is 11.6 Å². The third-order valence-corrected chi connectivity index (χ3v) is 3.22. The Kier molecular flexibility index (Phi) is 7.95. The highest BCUT2D eigenvalue weighted by Gasteiger charge is 2.13. The van der Waals surface area contributed by atoms with Crippen molar-refractivity contribution in [1.82, 2.24) is 5.32 Å². The largest absolute Gasteiger partial charge is 0.493 e. The second-order valence-corrected chi connectivity index (χ2v) is 4.92. The van der Waals surface area contributed by atoms with Gasteiger partial charge in [-0.05, 0) is 30.2 Å². The summed E-state index contributed by atoms with van der Waals surface area (Å²) in [6, 6.07) is 5.11. The first kappa shape index (κ1) is 18.8. The molecular formula is C16H19ClN2O4. The van der Waals surface area contributed by atoms with E-state index in [2.05, 4.69) is 5.32 Å². The molecule has 124 valence electrons. The highest BCUT2D eigenvalue weighted by atomic mass is 35.5. The van der Waals surface area contributed by atoms with Crippen LogP contribution in [0.25, 0.3) is 6.08 Å². The van der Waals surface area contributed by atoms with Crippen LogP contribution in [0.2, 0.25) is 5.02 Å². The molecule has 0 aliphatic heterocycles. The highest BCUT2D eigenvalue weighted by Crippen LogP contribution is 2.36. The number of ether oxygens (including phenoxy) is 3. The van der Waals surface area contributed by atoms with Gasteiger partial charge in [-0.25, -0.2) is 0 Å². The van der Waals surface area contributed by atoms with Crippen molar-refractivity contribution >= 4 is 23.6 Å². The van der Waals surface area contributed by atoms with Gasteiger partial charge in [0.05, 0.1) is 19.2 Å². The van der Waals surface area contributed by atoms with Crippen molar-refractivity contribution in [2.75, 3.05) is 34.5 Å². The average molecular weight is 339 g/mol. The van der Waals surface area contributed by atoms with Crippen LogP contribution in [-0.2, 0) is 9.53 Å². The monoisotopic (exact) mass is 338 g/mol. The van der Waals surface area contributed by atoms with E-state index < -0.39 is 5.91 Å². The van der Waals surface area contributed by atoms with Crippen LogP contribution in [0.3, 0.4) is 0 Å². The number of hydrogen-bond acceptors (Lipinski definition) is 5. The summed E-state index contributed by atoms with van der Waals surface area (Å²) in [6.45, 7) is 0.968. The molecule has 0 fully saturated rings. The maximum Gasteiger partial charge on any atom is 0.261 e. The Hall–Kier alpha value is -2.23. The molecule has 0 saturated heterocycles. The number of nitrogens with zero attached hydrogens (tertiary/aromatic N) is 1. The molecule has 1 rings (SSSR count). The molecule has 0 aliphatic rings. The van der Waals surface area contributed by atoms with Gasteiger partial charge in [-0.3, -0.25) is 4.79 Å².